The van der Waals surface area contributed by atoms with Crippen molar-refractivity contribution in [2.45, 2.75) is 46.1 Å². The molecule has 5 nitrogen and oxygen atoms in total. The first kappa shape index (κ1) is 21.3. The molecule has 0 atom stereocenters. The number of amides is 1. The lowest BCUT2D eigenvalue weighted by Crippen LogP contribution is -2.47. The number of hydrogen-bond acceptors (Lipinski definition) is 4. The maximum Gasteiger partial charge on any atom is 0.216 e. The summed E-state index contributed by atoms with van der Waals surface area (Å²) in [5, 5.41) is 2.39. The highest BCUT2D eigenvalue weighted by Crippen LogP contribution is 2.21. The number of alkyl halides is 1. The van der Waals surface area contributed by atoms with Gasteiger partial charge in [-0.15, -0.1) is 0 Å². The van der Waals surface area contributed by atoms with Crippen LogP contribution in [0, 0.1) is 0 Å². The molecule has 22 heavy (non-hydrogen) atoms. The van der Waals surface area contributed by atoms with Crippen molar-refractivity contribution < 1.29 is 13.9 Å². The maximum atomic E-state index is 12.3. The Morgan fingerprint density at radius 1 is 1.18 bits per heavy atom. The highest BCUT2D eigenvalue weighted by molar-refractivity contribution is 5.72. The van der Waals surface area contributed by atoms with E-state index in [4.69, 9.17) is 4.74 Å². The van der Waals surface area contributed by atoms with E-state index < -0.39 is 0 Å². The van der Waals surface area contributed by atoms with Crippen LogP contribution in [-0.4, -0.2) is 75.0 Å². The van der Waals surface area contributed by atoms with E-state index in [-0.39, 0.29) is 12.7 Å². The van der Waals surface area contributed by atoms with E-state index in [2.05, 4.69) is 10.2 Å². The largest absolute Gasteiger partial charge is 0.377 e. The molecule has 0 aromatic heterocycles. The monoisotopic (exact) mass is 319 g/mol. The number of hydrogen-bond donors (Lipinski definition) is 1. The van der Waals surface area contributed by atoms with Crippen LogP contribution >= 0.6 is 0 Å². The van der Waals surface area contributed by atoms with Gasteiger partial charge in [-0.25, -0.2) is 4.39 Å². The summed E-state index contributed by atoms with van der Waals surface area (Å²) in [5.41, 5.74) is 0. The molecule has 1 aliphatic heterocycles. The number of ether oxygens (including phenoxy) is 1. The van der Waals surface area contributed by atoms with Crippen molar-refractivity contribution in [2.24, 2.45) is 0 Å². The Labute approximate surface area is 135 Å². The van der Waals surface area contributed by atoms with E-state index in [1.165, 1.54) is 26.2 Å². The van der Waals surface area contributed by atoms with Crippen LogP contribution in [0.2, 0.25) is 0 Å². The Morgan fingerprint density at radius 3 is 2.05 bits per heavy atom. The second-order valence-electron chi connectivity index (χ2n) is 5.31. The average Bonchev–Trinajstić information content (AvgIpc) is 2.53. The smallest absolute Gasteiger partial charge is 0.216 e. The normalized spacial score (nSPS) is 19.1. The Kier molecular flexibility index (Phi) is 13.5. The van der Waals surface area contributed by atoms with Crippen molar-refractivity contribution in [2.75, 3.05) is 53.2 Å². The van der Waals surface area contributed by atoms with Gasteiger partial charge in [0.05, 0.1) is 12.7 Å². The van der Waals surface area contributed by atoms with Gasteiger partial charge < -0.3 is 10.1 Å². The molecule has 132 valence electrons. The summed E-state index contributed by atoms with van der Waals surface area (Å²) < 4.78 is 18.0. The fourth-order valence-corrected chi connectivity index (χ4v) is 2.02. The first-order chi connectivity index (χ1) is 10.7. The average molecular weight is 319 g/mol. The molecule has 0 bridgehead atoms. The van der Waals surface area contributed by atoms with Crippen molar-refractivity contribution in [3.8, 4) is 0 Å². The minimum Gasteiger partial charge on any atom is -0.377 e. The van der Waals surface area contributed by atoms with Crippen LogP contribution in [-0.2, 0) is 9.53 Å². The molecule has 0 unspecified atom stereocenters. The number of carbonyl (C=O) groups excluding carboxylic acids is 1. The molecule has 1 aliphatic carbocycles. The quantitative estimate of drug-likeness (QED) is 0.786. The summed E-state index contributed by atoms with van der Waals surface area (Å²) in [4.78, 5) is 13.9. The van der Waals surface area contributed by atoms with Gasteiger partial charge >= 0.3 is 0 Å². The third-order valence-corrected chi connectivity index (χ3v) is 3.80. The van der Waals surface area contributed by atoms with Gasteiger partial charge in [0.15, 0.2) is 0 Å². The van der Waals surface area contributed by atoms with Crippen LogP contribution in [0.3, 0.4) is 0 Å². The van der Waals surface area contributed by atoms with Gasteiger partial charge in [-0.1, -0.05) is 13.8 Å². The predicted molar refractivity (Wildman–Crippen MR) is 88.7 cm³/mol. The summed E-state index contributed by atoms with van der Waals surface area (Å²) >= 11 is 0. The minimum atomic E-state index is -0.299. The third-order valence-electron chi connectivity index (χ3n) is 3.80. The molecule has 2 rings (SSSR count). The van der Waals surface area contributed by atoms with E-state index in [0.29, 0.717) is 6.10 Å². The number of nitrogens with zero attached hydrogens (tertiary/aromatic N) is 2. The summed E-state index contributed by atoms with van der Waals surface area (Å²) in [6.07, 6.45) is 4.36. The first-order valence-corrected chi connectivity index (χ1v) is 8.46. The Balaban J connectivity index is 0.000000540. The van der Waals surface area contributed by atoms with Crippen molar-refractivity contribution in [1.82, 2.24) is 15.1 Å². The fraction of sp³-hybridized carbons (Fsp3) is 0.938. The van der Waals surface area contributed by atoms with Gasteiger partial charge in [0.25, 0.3) is 0 Å². The van der Waals surface area contributed by atoms with Gasteiger partial charge in [0, 0.05) is 46.7 Å². The zero-order chi connectivity index (χ0) is 16.8. The number of nitrogens with one attached hydrogen (secondary N) is 1. The number of rotatable bonds is 5. The summed E-state index contributed by atoms with van der Waals surface area (Å²) in [5.74, 6) is 0.00463. The van der Waals surface area contributed by atoms with E-state index in [0.717, 1.165) is 39.3 Å². The molecule has 1 saturated carbocycles. The molecule has 0 radical (unpaired) electrons. The molecule has 1 N–H and O–H groups in total. The molecular weight excluding hydrogens is 285 g/mol. The zero-order valence-electron chi connectivity index (χ0n) is 14.7. The number of carbonyl (C=O) groups is 1. The summed E-state index contributed by atoms with van der Waals surface area (Å²) in [6.45, 7) is 10.7. The molecular formula is C16H34FN3O2. The molecule has 2 aliphatic rings. The third kappa shape index (κ3) is 10.1. The van der Waals surface area contributed by atoms with Crippen molar-refractivity contribution in [3.05, 3.63) is 0 Å². The SMILES string of the molecule is CC.CNC(C)=O.FCN1CCN(CCOC2CCC2)CC1. The molecule has 1 amide bonds. The lowest BCUT2D eigenvalue weighted by atomic mass is 9.96. The van der Waals surface area contributed by atoms with Gasteiger partial charge in [-0.2, -0.15) is 0 Å². The van der Waals surface area contributed by atoms with Crippen molar-refractivity contribution in [1.29, 1.82) is 0 Å². The lowest BCUT2D eigenvalue weighted by Gasteiger charge is -2.33. The Hall–Kier alpha value is -0.720. The highest BCUT2D eigenvalue weighted by atomic mass is 19.1. The standard InChI is InChI=1S/C11H21FN2O.C3H7NO.C2H6/c12-10-14-6-4-13(5-7-14)8-9-15-11-2-1-3-11;1-3(5)4-2;1-2/h11H,1-10H2;1-2H3,(H,4,5);1-2H3. The van der Waals surface area contributed by atoms with Crippen molar-refractivity contribution >= 4 is 5.91 Å². The first-order valence-electron chi connectivity index (χ1n) is 8.46. The van der Waals surface area contributed by atoms with Gasteiger partial charge in [-0.05, 0) is 19.3 Å². The number of piperazine rings is 1. The lowest BCUT2D eigenvalue weighted by molar-refractivity contribution is -0.118. The van der Waals surface area contributed by atoms with Crippen LogP contribution in [0.25, 0.3) is 0 Å². The van der Waals surface area contributed by atoms with E-state index >= 15 is 0 Å². The van der Waals surface area contributed by atoms with Crippen LogP contribution in [0.1, 0.15) is 40.0 Å². The zero-order valence-corrected chi connectivity index (χ0v) is 14.7. The van der Waals surface area contributed by atoms with Crippen LogP contribution in [0.15, 0.2) is 0 Å². The molecule has 0 spiro atoms. The van der Waals surface area contributed by atoms with E-state index in [9.17, 15) is 9.18 Å². The molecule has 1 saturated heterocycles. The molecule has 2 fully saturated rings. The van der Waals surface area contributed by atoms with Crippen molar-refractivity contribution in [3.63, 3.8) is 0 Å². The van der Waals surface area contributed by atoms with Crippen LogP contribution in [0.4, 0.5) is 4.39 Å². The second-order valence-corrected chi connectivity index (χ2v) is 5.31. The molecule has 0 aromatic carbocycles. The molecule has 0 aromatic rings. The minimum absolute atomic E-state index is 0.00463. The van der Waals surface area contributed by atoms with Gasteiger partial charge in [0.2, 0.25) is 5.91 Å². The summed E-state index contributed by atoms with van der Waals surface area (Å²) in [6, 6.07) is 0. The van der Waals surface area contributed by atoms with Crippen LogP contribution in [0.5, 0.6) is 0 Å². The van der Waals surface area contributed by atoms with Gasteiger partial charge in [-0.3, -0.25) is 14.6 Å². The van der Waals surface area contributed by atoms with E-state index in [1.54, 1.807) is 7.05 Å². The Bertz CT molecular complexity index is 268. The summed E-state index contributed by atoms with van der Waals surface area (Å²) in [7, 11) is 1.60. The van der Waals surface area contributed by atoms with E-state index in [1.807, 2.05) is 18.7 Å². The van der Waals surface area contributed by atoms with Gasteiger partial charge in [0.1, 0.15) is 6.80 Å². The second kappa shape index (κ2) is 13.9. The topological polar surface area (TPSA) is 44.8 Å². The number of halogens is 1. The molecule has 6 heteroatoms. The van der Waals surface area contributed by atoms with Crippen LogP contribution < -0.4 is 5.32 Å². The fourth-order valence-electron chi connectivity index (χ4n) is 2.02. The highest BCUT2D eigenvalue weighted by Gasteiger charge is 2.19. The maximum absolute atomic E-state index is 12.3. The molecule has 1 heterocycles. The predicted octanol–water partition coefficient (Wildman–Crippen LogP) is 1.88. The Morgan fingerprint density at radius 2 is 1.68 bits per heavy atom.